The van der Waals surface area contributed by atoms with Crippen molar-refractivity contribution in [2.75, 3.05) is 6.61 Å². The van der Waals surface area contributed by atoms with Crippen LogP contribution in [-0.2, 0) is 16.0 Å². The Morgan fingerprint density at radius 1 is 1.35 bits per heavy atom. The number of halogens is 1. The SMILES string of the molecule is CCOC(=O)CC(N)CCc1ccccc1.Cl. The number of hydrogen-bond acceptors (Lipinski definition) is 3. The smallest absolute Gasteiger partial charge is 0.307 e. The minimum Gasteiger partial charge on any atom is -0.466 e. The molecule has 4 heteroatoms. The lowest BCUT2D eigenvalue weighted by Crippen LogP contribution is -2.25. The van der Waals surface area contributed by atoms with E-state index < -0.39 is 0 Å². The number of carbonyl (C=O) groups is 1. The van der Waals surface area contributed by atoms with Crippen molar-refractivity contribution >= 4 is 18.4 Å². The molecule has 0 saturated carbocycles. The summed E-state index contributed by atoms with van der Waals surface area (Å²) in [6.07, 6.45) is 2.02. The van der Waals surface area contributed by atoms with Crippen molar-refractivity contribution in [1.82, 2.24) is 0 Å². The zero-order chi connectivity index (χ0) is 11.8. The molecular weight excluding hydrogens is 238 g/mol. The van der Waals surface area contributed by atoms with Crippen LogP contribution in [0.4, 0.5) is 0 Å². The van der Waals surface area contributed by atoms with E-state index in [1.165, 1.54) is 5.56 Å². The second-order valence-electron chi connectivity index (χ2n) is 3.79. The summed E-state index contributed by atoms with van der Waals surface area (Å²) in [7, 11) is 0. The molecule has 0 bridgehead atoms. The first-order valence-electron chi connectivity index (χ1n) is 5.67. The van der Waals surface area contributed by atoms with Gasteiger partial charge < -0.3 is 10.5 Å². The third-order valence-electron chi connectivity index (χ3n) is 2.38. The maximum atomic E-state index is 11.2. The Bertz CT molecular complexity index is 316. The molecule has 1 atom stereocenters. The molecule has 0 aliphatic heterocycles. The van der Waals surface area contributed by atoms with E-state index in [0.717, 1.165) is 12.8 Å². The van der Waals surface area contributed by atoms with Gasteiger partial charge in [-0.1, -0.05) is 30.3 Å². The lowest BCUT2D eigenvalue weighted by atomic mass is 10.0. The Balaban J connectivity index is 0.00000256. The Morgan fingerprint density at radius 3 is 2.59 bits per heavy atom. The van der Waals surface area contributed by atoms with Gasteiger partial charge in [0, 0.05) is 6.04 Å². The molecule has 96 valence electrons. The summed E-state index contributed by atoms with van der Waals surface area (Å²) in [6, 6.07) is 10.0. The molecule has 0 heterocycles. The predicted molar refractivity (Wildman–Crippen MR) is 71.2 cm³/mol. The summed E-state index contributed by atoms with van der Waals surface area (Å²) in [5.74, 6) is -0.205. The third-order valence-corrected chi connectivity index (χ3v) is 2.38. The van der Waals surface area contributed by atoms with Crippen LogP contribution < -0.4 is 5.73 Å². The highest BCUT2D eigenvalue weighted by atomic mass is 35.5. The summed E-state index contributed by atoms with van der Waals surface area (Å²) in [5.41, 5.74) is 7.10. The number of ether oxygens (including phenoxy) is 1. The van der Waals surface area contributed by atoms with Crippen LogP contribution in [-0.4, -0.2) is 18.6 Å². The van der Waals surface area contributed by atoms with Gasteiger partial charge in [-0.3, -0.25) is 4.79 Å². The monoisotopic (exact) mass is 257 g/mol. The Morgan fingerprint density at radius 2 is 2.00 bits per heavy atom. The van der Waals surface area contributed by atoms with Crippen molar-refractivity contribution < 1.29 is 9.53 Å². The van der Waals surface area contributed by atoms with Gasteiger partial charge >= 0.3 is 5.97 Å². The Hall–Kier alpha value is -1.06. The van der Waals surface area contributed by atoms with E-state index in [4.69, 9.17) is 10.5 Å². The molecule has 0 radical (unpaired) electrons. The van der Waals surface area contributed by atoms with Crippen LogP contribution in [0.5, 0.6) is 0 Å². The van der Waals surface area contributed by atoms with Gasteiger partial charge in [0.05, 0.1) is 13.0 Å². The molecule has 1 rings (SSSR count). The van der Waals surface area contributed by atoms with Gasteiger partial charge in [0.2, 0.25) is 0 Å². The van der Waals surface area contributed by atoms with Gasteiger partial charge in [0.15, 0.2) is 0 Å². The quantitative estimate of drug-likeness (QED) is 0.796. The fourth-order valence-electron chi connectivity index (χ4n) is 1.53. The number of esters is 1. The maximum Gasteiger partial charge on any atom is 0.307 e. The van der Waals surface area contributed by atoms with E-state index in [1.807, 2.05) is 18.2 Å². The molecule has 0 fully saturated rings. The lowest BCUT2D eigenvalue weighted by Gasteiger charge is -2.10. The summed E-state index contributed by atoms with van der Waals surface area (Å²) in [5, 5.41) is 0. The Labute approximate surface area is 109 Å². The molecule has 0 amide bonds. The van der Waals surface area contributed by atoms with Gasteiger partial charge in [-0.25, -0.2) is 0 Å². The van der Waals surface area contributed by atoms with Crippen LogP contribution in [0.2, 0.25) is 0 Å². The average Bonchev–Trinajstić information content (AvgIpc) is 2.28. The third kappa shape index (κ3) is 6.97. The number of nitrogens with two attached hydrogens (primary N) is 1. The molecule has 1 unspecified atom stereocenters. The van der Waals surface area contributed by atoms with E-state index >= 15 is 0 Å². The maximum absolute atomic E-state index is 11.2. The van der Waals surface area contributed by atoms with Crippen molar-refractivity contribution in [3.8, 4) is 0 Å². The van der Waals surface area contributed by atoms with Crippen LogP contribution in [0.3, 0.4) is 0 Å². The highest BCUT2D eigenvalue weighted by Gasteiger charge is 2.09. The zero-order valence-electron chi connectivity index (χ0n) is 10.1. The number of aryl methyl sites for hydroxylation is 1. The first-order chi connectivity index (χ1) is 7.72. The second-order valence-corrected chi connectivity index (χ2v) is 3.79. The molecule has 17 heavy (non-hydrogen) atoms. The first-order valence-corrected chi connectivity index (χ1v) is 5.67. The van der Waals surface area contributed by atoms with Gasteiger partial charge in [-0.15, -0.1) is 12.4 Å². The van der Waals surface area contributed by atoms with E-state index in [1.54, 1.807) is 6.92 Å². The van der Waals surface area contributed by atoms with Crippen LogP contribution in [0, 0.1) is 0 Å². The highest BCUT2D eigenvalue weighted by molar-refractivity contribution is 5.85. The van der Waals surface area contributed by atoms with Crippen LogP contribution in [0.25, 0.3) is 0 Å². The van der Waals surface area contributed by atoms with Crippen molar-refractivity contribution in [2.45, 2.75) is 32.2 Å². The molecule has 0 aromatic heterocycles. The number of rotatable bonds is 6. The summed E-state index contributed by atoms with van der Waals surface area (Å²) in [4.78, 5) is 11.2. The number of benzene rings is 1. The van der Waals surface area contributed by atoms with E-state index in [-0.39, 0.29) is 24.4 Å². The predicted octanol–water partition coefficient (Wildman–Crippen LogP) is 2.32. The number of hydrogen-bond donors (Lipinski definition) is 1. The lowest BCUT2D eigenvalue weighted by molar-refractivity contribution is -0.143. The minimum absolute atomic E-state index is 0. The Kier molecular flexibility index (Phi) is 8.46. The van der Waals surface area contributed by atoms with E-state index in [0.29, 0.717) is 13.0 Å². The van der Waals surface area contributed by atoms with E-state index in [9.17, 15) is 4.79 Å². The molecule has 0 aliphatic rings. The molecule has 1 aromatic carbocycles. The van der Waals surface area contributed by atoms with E-state index in [2.05, 4.69) is 12.1 Å². The fraction of sp³-hybridized carbons (Fsp3) is 0.462. The van der Waals surface area contributed by atoms with Gasteiger partial charge in [0.25, 0.3) is 0 Å². The largest absolute Gasteiger partial charge is 0.466 e. The van der Waals surface area contributed by atoms with Crippen molar-refractivity contribution in [3.63, 3.8) is 0 Å². The highest BCUT2D eigenvalue weighted by Crippen LogP contribution is 2.06. The average molecular weight is 258 g/mol. The molecule has 0 saturated heterocycles. The normalized spacial score (nSPS) is 11.4. The van der Waals surface area contributed by atoms with Crippen LogP contribution in [0.1, 0.15) is 25.3 Å². The molecule has 3 nitrogen and oxygen atoms in total. The van der Waals surface area contributed by atoms with Crippen molar-refractivity contribution in [1.29, 1.82) is 0 Å². The van der Waals surface area contributed by atoms with Gasteiger partial charge in [-0.2, -0.15) is 0 Å². The standard InChI is InChI=1S/C13H19NO2.ClH/c1-2-16-13(15)10-12(14)9-8-11-6-4-3-5-7-11;/h3-7,12H,2,8-10,14H2,1H3;1H. The molecule has 2 N–H and O–H groups in total. The molecule has 0 spiro atoms. The number of carbonyl (C=O) groups excluding carboxylic acids is 1. The zero-order valence-corrected chi connectivity index (χ0v) is 10.9. The molecular formula is C13H20ClNO2. The summed E-state index contributed by atoms with van der Waals surface area (Å²) < 4.78 is 4.85. The fourth-order valence-corrected chi connectivity index (χ4v) is 1.53. The second kappa shape index (κ2) is 9.02. The molecule has 1 aromatic rings. The summed E-state index contributed by atoms with van der Waals surface area (Å²) >= 11 is 0. The van der Waals surface area contributed by atoms with Crippen LogP contribution >= 0.6 is 12.4 Å². The van der Waals surface area contributed by atoms with Crippen molar-refractivity contribution in [3.05, 3.63) is 35.9 Å². The minimum atomic E-state index is -0.205. The first kappa shape index (κ1) is 15.9. The molecule has 0 aliphatic carbocycles. The topological polar surface area (TPSA) is 52.3 Å². The van der Waals surface area contributed by atoms with Crippen LogP contribution in [0.15, 0.2) is 30.3 Å². The summed E-state index contributed by atoms with van der Waals surface area (Å²) in [6.45, 7) is 2.22. The van der Waals surface area contributed by atoms with Gasteiger partial charge in [0.1, 0.15) is 0 Å². The van der Waals surface area contributed by atoms with Crippen molar-refractivity contribution in [2.24, 2.45) is 5.73 Å². The van der Waals surface area contributed by atoms with Gasteiger partial charge in [-0.05, 0) is 25.3 Å².